The molecule has 1 atom stereocenters. The molecule has 0 spiro atoms. The summed E-state index contributed by atoms with van der Waals surface area (Å²) in [6, 6.07) is 4.20. The molecule has 1 fully saturated rings. The number of hydrogen-bond donors (Lipinski definition) is 3. The summed E-state index contributed by atoms with van der Waals surface area (Å²) in [6.45, 7) is 1.59. The van der Waals surface area contributed by atoms with Gasteiger partial charge >= 0.3 is 0 Å². The minimum absolute atomic E-state index is 0.0884. The van der Waals surface area contributed by atoms with Crippen molar-refractivity contribution in [3.8, 4) is 5.75 Å². The SMILES string of the molecule is COc1ccc(C(=O)Nc2c[nH]c3ncc(Br)c(N4CCC[C@@H](N)C4)c23)cc1F. The summed E-state index contributed by atoms with van der Waals surface area (Å²) in [4.78, 5) is 22.4. The number of H-pyrrole nitrogens is 1. The molecular weight excluding hydrogens is 441 g/mol. The first kappa shape index (κ1) is 19.7. The Bertz CT molecular complexity index is 1070. The average Bonchev–Trinajstić information content (AvgIpc) is 3.10. The Labute approximate surface area is 175 Å². The van der Waals surface area contributed by atoms with E-state index in [0.29, 0.717) is 11.3 Å². The normalized spacial score (nSPS) is 16.8. The maximum atomic E-state index is 14.0. The van der Waals surface area contributed by atoms with Gasteiger partial charge in [-0.05, 0) is 47.0 Å². The van der Waals surface area contributed by atoms with Crippen LogP contribution in [0.15, 0.2) is 35.1 Å². The van der Waals surface area contributed by atoms with Gasteiger partial charge in [-0.2, -0.15) is 0 Å². The van der Waals surface area contributed by atoms with Crippen LogP contribution in [0.2, 0.25) is 0 Å². The van der Waals surface area contributed by atoms with Gasteiger partial charge in [0, 0.05) is 37.1 Å². The number of carbonyl (C=O) groups excluding carboxylic acids is 1. The fraction of sp³-hybridized carbons (Fsp3) is 0.300. The molecule has 152 valence electrons. The van der Waals surface area contributed by atoms with Crippen LogP contribution in [0.5, 0.6) is 5.75 Å². The lowest BCUT2D eigenvalue weighted by molar-refractivity contribution is 0.102. The zero-order valence-corrected chi connectivity index (χ0v) is 17.4. The lowest BCUT2D eigenvalue weighted by Crippen LogP contribution is -2.43. The zero-order chi connectivity index (χ0) is 20.5. The van der Waals surface area contributed by atoms with E-state index < -0.39 is 11.7 Å². The zero-order valence-electron chi connectivity index (χ0n) is 15.8. The minimum Gasteiger partial charge on any atom is -0.494 e. The van der Waals surface area contributed by atoms with Crippen molar-refractivity contribution in [1.29, 1.82) is 0 Å². The van der Waals surface area contributed by atoms with Gasteiger partial charge in [-0.3, -0.25) is 4.79 Å². The van der Waals surface area contributed by atoms with Crippen molar-refractivity contribution in [2.24, 2.45) is 5.73 Å². The third-order valence-corrected chi connectivity index (χ3v) is 5.65. The molecule has 1 amide bonds. The number of aromatic amines is 1. The number of nitrogens with zero attached hydrogens (tertiary/aromatic N) is 2. The first-order valence-electron chi connectivity index (χ1n) is 9.29. The first-order chi connectivity index (χ1) is 14.0. The Morgan fingerprint density at radius 2 is 2.31 bits per heavy atom. The van der Waals surface area contributed by atoms with Crippen LogP contribution in [0.4, 0.5) is 15.8 Å². The minimum atomic E-state index is -0.591. The number of amides is 1. The van der Waals surface area contributed by atoms with E-state index in [4.69, 9.17) is 10.5 Å². The molecule has 1 aliphatic heterocycles. The molecule has 7 nitrogen and oxygen atoms in total. The van der Waals surface area contributed by atoms with Crippen LogP contribution >= 0.6 is 15.9 Å². The highest BCUT2D eigenvalue weighted by Crippen LogP contribution is 2.39. The molecule has 4 N–H and O–H groups in total. The number of carbonyl (C=O) groups is 1. The van der Waals surface area contributed by atoms with Crippen molar-refractivity contribution in [2.45, 2.75) is 18.9 Å². The number of rotatable bonds is 4. The standard InChI is InChI=1S/C20H21BrFN5O2/c1-29-16-5-4-11(7-14(16)22)20(28)26-15-9-25-19-17(15)18(13(21)8-24-19)27-6-2-3-12(23)10-27/h4-5,7-9,12H,2-3,6,10,23H2,1H3,(H,24,25)(H,26,28)/t12-/m1/s1. The molecule has 4 rings (SSSR count). The molecule has 1 saturated heterocycles. The molecule has 0 radical (unpaired) electrons. The Kier molecular flexibility index (Phi) is 5.42. The Balaban J connectivity index is 1.70. The highest BCUT2D eigenvalue weighted by atomic mass is 79.9. The molecule has 2 aromatic heterocycles. The Morgan fingerprint density at radius 3 is 3.03 bits per heavy atom. The molecule has 0 saturated carbocycles. The largest absolute Gasteiger partial charge is 0.494 e. The number of piperidine rings is 1. The number of aromatic nitrogens is 2. The van der Waals surface area contributed by atoms with E-state index in [9.17, 15) is 9.18 Å². The van der Waals surface area contributed by atoms with Crippen molar-refractivity contribution in [3.05, 3.63) is 46.4 Å². The summed E-state index contributed by atoms with van der Waals surface area (Å²) >= 11 is 3.59. The van der Waals surface area contributed by atoms with E-state index in [2.05, 4.69) is 36.1 Å². The van der Waals surface area contributed by atoms with Gasteiger partial charge < -0.3 is 25.7 Å². The first-order valence-corrected chi connectivity index (χ1v) is 10.1. The predicted molar refractivity (Wildman–Crippen MR) is 114 cm³/mol. The maximum absolute atomic E-state index is 14.0. The van der Waals surface area contributed by atoms with Crippen LogP contribution in [0.25, 0.3) is 11.0 Å². The number of anilines is 2. The number of benzene rings is 1. The highest BCUT2D eigenvalue weighted by Gasteiger charge is 2.24. The third kappa shape index (κ3) is 3.79. The summed E-state index contributed by atoms with van der Waals surface area (Å²) in [5, 5.41) is 3.66. The number of hydrogen-bond acceptors (Lipinski definition) is 5. The highest BCUT2D eigenvalue weighted by molar-refractivity contribution is 9.10. The van der Waals surface area contributed by atoms with E-state index in [1.165, 1.54) is 19.2 Å². The quantitative estimate of drug-likeness (QED) is 0.550. The van der Waals surface area contributed by atoms with E-state index in [1.54, 1.807) is 12.4 Å². The number of methoxy groups -OCH3 is 1. The van der Waals surface area contributed by atoms with Crippen LogP contribution in [0.1, 0.15) is 23.2 Å². The van der Waals surface area contributed by atoms with Crippen LogP contribution in [-0.4, -0.2) is 42.1 Å². The fourth-order valence-corrected chi connectivity index (χ4v) is 4.23. The van der Waals surface area contributed by atoms with Gasteiger partial charge in [-0.25, -0.2) is 9.37 Å². The number of ether oxygens (including phenoxy) is 1. The van der Waals surface area contributed by atoms with Crippen LogP contribution in [-0.2, 0) is 0 Å². The van der Waals surface area contributed by atoms with E-state index in [0.717, 1.165) is 47.5 Å². The summed E-state index contributed by atoms with van der Waals surface area (Å²) in [7, 11) is 1.38. The Hall–Kier alpha value is -2.65. The summed E-state index contributed by atoms with van der Waals surface area (Å²) in [6.07, 6.45) is 5.41. The van der Waals surface area contributed by atoms with Crippen molar-refractivity contribution in [2.75, 3.05) is 30.4 Å². The molecule has 29 heavy (non-hydrogen) atoms. The molecule has 0 bridgehead atoms. The molecule has 3 aromatic rings. The summed E-state index contributed by atoms with van der Waals surface area (Å²) < 4.78 is 19.7. The molecular formula is C20H21BrFN5O2. The molecule has 1 aliphatic rings. The molecule has 9 heteroatoms. The van der Waals surface area contributed by atoms with Gasteiger partial charge in [0.05, 0.1) is 28.3 Å². The third-order valence-electron chi connectivity index (χ3n) is 5.07. The number of nitrogens with two attached hydrogens (primary N) is 1. The smallest absolute Gasteiger partial charge is 0.255 e. The average molecular weight is 462 g/mol. The van der Waals surface area contributed by atoms with Crippen molar-refractivity contribution in [3.63, 3.8) is 0 Å². The van der Waals surface area contributed by atoms with Crippen molar-refractivity contribution >= 4 is 44.2 Å². The Morgan fingerprint density at radius 1 is 1.48 bits per heavy atom. The van der Waals surface area contributed by atoms with Crippen molar-refractivity contribution < 1.29 is 13.9 Å². The lowest BCUT2D eigenvalue weighted by atomic mass is 10.1. The van der Waals surface area contributed by atoms with Gasteiger partial charge in [0.2, 0.25) is 0 Å². The summed E-state index contributed by atoms with van der Waals surface area (Å²) in [5.74, 6) is -0.925. The second-order valence-corrected chi connectivity index (χ2v) is 7.89. The number of halogens is 2. The monoisotopic (exact) mass is 461 g/mol. The molecule has 3 heterocycles. The molecule has 0 aliphatic carbocycles. The van der Waals surface area contributed by atoms with Gasteiger partial charge in [-0.15, -0.1) is 0 Å². The number of pyridine rings is 1. The van der Waals surface area contributed by atoms with Crippen LogP contribution < -0.4 is 20.7 Å². The van der Waals surface area contributed by atoms with E-state index in [-0.39, 0.29) is 17.4 Å². The second-order valence-electron chi connectivity index (χ2n) is 7.03. The maximum Gasteiger partial charge on any atom is 0.255 e. The number of fused-ring (bicyclic) bond motifs is 1. The van der Waals surface area contributed by atoms with Crippen molar-refractivity contribution in [1.82, 2.24) is 9.97 Å². The molecule has 1 aromatic carbocycles. The van der Waals surface area contributed by atoms with Crippen LogP contribution in [0, 0.1) is 5.82 Å². The topological polar surface area (TPSA) is 96.3 Å². The molecule has 0 unspecified atom stereocenters. The van der Waals surface area contributed by atoms with E-state index >= 15 is 0 Å². The van der Waals surface area contributed by atoms with Gasteiger partial charge in [0.1, 0.15) is 5.65 Å². The van der Waals surface area contributed by atoms with Gasteiger partial charge in [0.25, 0.3) is 5.91 Å². The van der Waals surface area contributed by atoms with E-state index in [1.807, 2.05) is 0 Å². The van der Waals surface area contributed by atoms with Gasteiger partial charge in [-0.1, -0.05) is 0 Å². The fourth-order valence-electron chi connectivity index (χ4n) is 3.68. The summed E-state index contributed by atoms with van der Waals surface area (Å²) in [5.41, 5.74) is 8.52. The van der Waals surface area contributed by atoms with Crippen LogP contribution in [0.3, 0.4) is 0 Å². The second kappa shape index (κ2) is 8.00. The predicted octanol–water partition coefficient (Wildman–Crippen LogP) is 3.65. The lowest BCUT2D eigenvalue weighted by Gasteiger charge is -2.33. The van der Waals surface area contributed by atoms with Gasteiger partial charge in [0.15, 0.2) is 11.6 Å². The number of nitrogens with one attached hydrogen (secondary N) is 2.